The molecule has 0 spiro atoms. The van der Waals surface area contributed by atoms with Gasteiger partial charge in [-0.2, -0.15) is 0 Å². The first kappa shape index (κ1) is 19.9. The lowest BCUT2D eigenvalue weighted by molar-refractivity contribution is -0.117. The molecule has 0 bridgehead atoms. The monoisotopic (exact) mass is 346 g/mol. The maximum Gasteiger partial charge on any atom is 0.224 e. The predicted molar refractivity (Wildman–Crippen MR) is 104 cm³/mol. The number of para-hydroxylation sites is 1. The second kappa shape index (κ2) is 10.6. The van der Waals surface area contributed by atoms with Crippen LogP contribution in [-0.4, -0.2) is 35.1 Å². The Bertz CT molecular complexity index is 524. The van der Waals surface area contributed by atoms with Gasteiger partial charge in [-0.05, 0) is 30.4 Å². The van der Waals surface area contributed by atoms with Gasteiger partial charge in [0.15, 0.2) is 0 Å². The van der Waals surface area contributed by atoms with Crippen molar-refractivity contribution in [1.82, 2.24) is 4.90 Å². The molecular formula is C21H34N2O2. The average molecular weight is 347 g/mol. The second-order valence-electron chi connectivity index (χ2n) is 7.52. The Morgan fingerprint density at radius 2 is 2.00 bits per heavy atom. The van der Waals surface area contributed by atoms with Gasteiger partial charge >= 0.3 is 0 Å². The molecule has 0 saturated carbocycles. The van der Waals surface area contributed by atoms with Gasteiger partial charge < -0.3 is 10.4 Å². The van der Waals surface area contributed by atoms with Crippen LogP contribution in [0, 0.1) is 5.92 Å². The van der Waals surface area contributed by atoms with Crippen LogP contribution in [0.3, 0.4) is 0 Å². The van der Waals surface area contributed by atoms with Crippen molar-refractivity contribution in [3.8, 4) is 0 Å². The summed E-state index contributed by atoms with van der Waals surface area (Å²) in [4.78, 5) is 14.7. The van der Waals surface area contributed by atoms with E-state index in [1.54, 1.807) is 0 Å². The Hall–Kier alpha value is -1.39. The first-order chi connectivity index (χ1) is 12.1. The number of likely N-dealkylation sites (tertiary alicyclic amines) is 1. The van der Waals surface area contributed by atoms with E-state index in [0.29, 0.717) is 12.3 Å². The summed E-state index contributed by atoms with van der Waals surface area (Å²) < 4.78 is 0. The van der Waals surface area contributed by atoms with Crippen molar-refractivity contribution in [3.63, 3.8) is 0 Å². The van der Waals surface area contributed by atoms with E-state index >= 15 is 0 Å². The maximum absolute atomic E-state index is 12.4. The fourth-order valence-electron chi connectivity index (χ4n) is 3.46. The molecule has 0 radical (unpaired) electrons. The van der Waals surface area contributed by atoms with Gasteiger partial charge in [-0.1, -0.05) is 57.7 Å². The smallest absolute Gasteiger partial charge is 0.224 e. The zero-order valence-electron chi connectivity index (χ0n) is 15.8. The molecule has 1 unspecified atom stereocenters. The zero-order chi connectivity index (χ0) is 18.1. The number of aliphatic hydroxyl groups is 1. The summed E-state index contributed by atoms with van der Waals surface area (Å²) in [7, 11) is 0. The molecular weight excluding hydrogens is 312 g/mol. The van der Waals surface area contributed by atoms with Crippen LogP contribution in [0.15, 0.2) is 24.3 Å². The van der Waals surface area contributed by atoms with Crippen LogP contribution in [0.5, 0.6) is 0 Å². The Kier molecular flexibility index (Phi) is 8.42. The molecule has 1 aromatic carbocycles. The number of benzene rings is 1. The Morgan fingerprint density at radius 3 is 2.72 bits per heavy atom. The number of hydrogen-bond donors (Lipinski definition) is 2. The highest BCUT2D eigenvalue weighted by Gasteiger charge is 2.18. The lowest BCUT2D eigenvalue weighted by Gasteiger charge is -2.30. The quantitative estimate of drug-likeness (QED) is 0.659. The fourth-order valence-corrected chi connectivity index (χ4v) is 3.46. The summed E-state index contributed by atoms with van der Waals surface area (Å²) in [6.07, 6.45) is 6.92. The van der Waals surface area contributed by atoms with E-state index in [4.69, 9.17) is 0 Å². The van der Waals surface area contributed by atoms with Gasteiger partial charge in [-0.25, -0.2) is 0 Å². The number of nitrogens with zero attached hydrogens (tertiary/aromatic N) is 1. The van der Waals surface area contributed by atoms with Gasteiger partial charge in [-0.15, -0.1) is 0 Å². The number of carbonyl (C=O) groups excluding carboxylic acids is 1. The molecule has 0 aliphatic carbocycles. The normalized spacial score (nSPS) is 17.4. The van der Waals surface area contributed by atoms with Gasteiger partial charge in [0.1, 0.15) is 0 Å². The molecule has 4 nitrogen and oxygen atoms in total. The number of carbonyl (C=O) groups is 1. The molecule has 1 saturated heterocycles. The molecule has 1 atom stereocenters. The van der Waals surface area contributed by atoms with E-state index in [1.807, 2.05) is 18.2 Å². The third-order valence-corrected chi connectivity index (χ3v) is 5.08. The molecule has 1 aliphatic rings. The lowest BCUT2D eigenvalue weighted by atomic mass is 9.99. The van der Waals surface area contributed by atoms with Crippen LogP contribution >= 0.6 is 0 Å². The van der Waals surface area contributed by atoms with Crippen molar-refractivity contribution in [1.29, 1.82) is 0 Å². The summed E-state index contributed by atoms with van der Waals surface area (Å²) in [6, 6.07) is 8.08. The highest BCUT2D eigenvalue weighted by atomic mass is 16.3. The number of unbranched alkanes of at least 4 members (excludes halogenated alkanes) is 2. The van der Waals surface area contributed by atoms with Crippen molar-refractivity contribution in [2.75, 3.05) is 18.4 Å². The van der Waals surface area contributed by atoms with Crippen LogP contribution in [0.25, 0.3) is 0 Å². The van der Waals surface area contributed by atoms with Gasteiger partial charge in [0, 0.05) is 31.7 Å². The van der Waals surface area contributed by atoms with Gasteiger partial charge in [0.05, 0.1) is 6.10 Å². The first-order valence-corrected chi connectivity index (χ1v) is 9.86. The molecule has 4 heteroatoms. The number of anilines is 1. The van der Waals surface area contributed by atoms with E-state index in [9.17, 15) is 9.90 Å². The minimum absolute atomic E-state index is 0.116. The maximum atomic E-state index is 12.4. The second-order valence-corrected chi connectivity index (χ2v) is 7.52. The van der Waals surface area contributed by atoms with Crippen molar-refractivity contribution in [2.45, 2.75) is 71.4 Å². The number of nitrogens with one attached hydrogen (secondary N) is 1. The number of amides is 1. The van der Waals surface area contributed by atoms with E-state index in [1.165, 1.54) is 19.3 Å². The number of hydrogen-bond acceptors (Lipinski definition) is 3. The SMILES string of the molecule is CCCCCC(C)CC(=O)Nc1ccccc1CN1CCC(O)CC1. The van der Waals surface area contributed by atoms with Crippen molar-refractivity contribution >= 4 is 11.6 Å². The summed E-state index contributed by atoms with van der Waals surface area (Å²) in [6.45, 7) is 7.03. The highest BCUT2D eigenvalue weighted by molar-refractivity contribution is 5.91. The molecule has 140 valence electrons. The van der Waals surface area contributed by atoms with E-state index in [2.05, 4.69) is 30.1 Å². The third kappa shape index (κ3) is 7.17. The van der Waals surface area contributed by atoms with Gasteiger partial charge in [0.2, 0.25) is 5.91 Å². The number of aliphatic hydroxyl groups excluding tert-OH is 1. The molecule has 2 rings (SSSR count). The first-order valence-electron chi connectivity index (χ1n) is 9.86. The topological polar surface area (TPSA) is 52.6 Å². The summed E-state index contributed by atoms with van der Waals surface area (Å²) in [5.41, 5.74) is 2.09. The summed E-state index contributed by atoms with van der Waals surface area (Å²) >= 11 is 0. The summed E-state index contributed by atoms with van der Waals surface area (Å²) in [5, 5.41) is 12.8. The van der Waals surface area contributed by atoms with Crippen LogP contribution < -0.4 is 5.32 Å². The van der Waals surface area contributed by atoms with Gasteiger partial charge in [0.25, 0.3) is 0 Å². The number of rotatable bonds is 9. The molecule has 1 amide bonds. The van der Waals surface area contributed by atoms with E-state index < -0.39 is 0 Å². The Balaban J connectivity index is 1.85. The summed E-state index contributed by atoms with van der Waals surface area (Å²) in [5.74, 6) is 0.549. The molecule has 1 aliphatic heterocycles. The Morgan fingerprint density at radius 1 is 1.28 bits per heavy atom. The number of piperidine rings is 1. The van der Waals surface area contributed by atoms with Crippen LogP contribution in [-0.2, 0) is 11.3 Å². The average Bonchev–Trinajstić information content (AvgIpc) is 2.59. The third-order valence-electron chi connectivity index (χ3n) is 5.08. The molecule has 1 fully saturated rings. The van der Waals surface area contributed by atoms with E-state index in [-0.39, 0.29) is 12.0 Å². The van der Waals surface area contributed by atoms with E-state index in [0.717, 1.165) is 50.1 Å². The largest absolute Gasteiger partial charge is 0.393 e. The Labute approximate surface area is 152 Å². The lowest BCUT2D eigenvalue weighted by Crippen LogP contribution is -2.35. The van der Waals surface area contributed by atoms with Crippen molar-refractivity contribution in [2.24, 2.45) is 5.92 Å². The zero-order valence-corrected chi connectivity index (χ0v) is 15.8. The molecule has 0 aromatic heterocycles. The minimum atomic E-state index is -0.152. The molecule has 1 aromatic rings. The van der Waals surface area contributed by atoms with Crippen LogP contribution in [0.4, 0.5) is 5.69 Å². The predicted octanol–water partition coefficient (Wildman–Crippen LogP) is 4.19. The molecule has 2 N–H and O–H groups in total. The minimum Gasteiger partial charge on any atom is -0.393 e. The van der Waals surface area contributed by atoms with Crippen LogP contribution in [0.2, 0.25) is 0 Å². The molecule has 25 heavy (non-hydrogen) atoms. The highest BCUT2D eigenvalue weighted by Crippen LogP contribution is 2.21. The van der Waals surface area contributed by atoms with Gasteiger partial charge in [-0.3, -0.25) is 9.69 Å². The standard InChI is InChI=1S/C21H34N2O2/c1-3-4-5-8-17(2)15-21(25)22-20-10-7-6-9-18(20)16-23-13-11-19(24)12-14-23/h6-7,9-10,17,19,24H,3-5,8,11-16H2,1-2H3,(H,22,25). The fraction of sp³-hybridized carbons (Fsp3) is 0.667. The van der Waals surface area contributed by atoms with Crippen molar-refractivity contribution in [3.05, 3.63) is 29.8 Å². The molecule has 1 heterocycles. The van der Waals surface area contributed by atoms with Crippen molar-refractivity contribution < 1.29 is 9.90 Å². The van der Waals surface area contributed by atoms with Crippen LogP contribution in [0.1, 0.15) is 64.4 Å².